The number of rotatable bonds is 5. The zero-order chi connectivity index (χ0) is 19.1. The van der Waals surface area contributed by atoms with E-state index in [2.05, 4.69) is 30.1 Å². The molecule has 2 aromatic rings. The predicted octanol–water partition coefficient (Wildman–Crippen LogP) is 2.29. The molecule has 0 saturated carbocycles. The number of aliphatic imine (C=N–C) groups is 1. The highest BCUT2D eigenvalue weighted by molar-refractivity contribution is 6.30. The zero-order valence-electron chi connectivity index (χ0n) is 15.7. The van der Waals surface area contributed by atoms with Gasteiger partial charge >= 0.3 is 0 Å². The number of halogens is 1. The number of piperazine rings is 1. The Morgan fingerprint density at radius 1 is 1.22 bits per heavy atom. The number of nitrogens with zero attached hydrogens (tertiary/aromatic N) is 5. The third kappa shape index (κ3) is 5.47. The lowest BCUT2D eigenvalue weighted by atomic mass is 10.3. The maximum absolute atomic E-state index is 6.00. The van der Waals surface area contributed by atoms with Crippen LogP contribution in [-0.2, 0) is 0 Å². The fourth-order valence-corrected chi connectivity index (χ4v) is 3.13. The van der Waals surface area contributed by atoms with Gasteiger partial charge in [0, 0.05) is 50.6 Å². The van der Waals surface area contributed by atoms with Crippen LogP contribution in [0.25, 0.3) is 0 Å². The quantitative estimate of drug-likeness (QED) is 0.626. The zero-order valence-corrected chi connectivity index (χ0v) is 16.4. The molecule has 1 fully saturated rings. The van der Waals surface area contributed by atoms with E-state index < -0.39 is 0 Å². The van der Waals surface area contributed by atoms with Crippen molar-refractivity contribution in [3.63, 3.8) is 0 Å². The number of guanidine groups is 1. The minimum Gasteiger partial charge on any atom is -0.489 e. The molecule has 8 heteroatoms. The van der Waals surface area contributed by atoms with E-state index in [0.717, 1.165) is 43.8 Å². The number of hydrogen-bond acceptors (Lipinski definition) is 5. The normalized spacial score (nSPS) is 16.2. The molecule has 1 aliphatic heterocycles. The summed E-state index contributed by atoms with van der Waals surface area (Å²) in [5, 5.41) is 4.07. The highest BCUT2D eigenvalue weighted by Crippen LogP contribution is 2.18. The van der Waals surface area contributed by atoms with Gasteiger partial charge in [-0.25, -0.2) is 9.97 Å². The minimum absolute atomic E-state index is 0.0146. The van der Waals surface area contributed by atoms with Crippen LogP contribution in [-0.4, -0.2) is 66.7 Å². The van der Waals surface area contributed by atoms with Crippen LogP contribution < -0.4 is 15.0 Å². The van der Waals surface area contributed by atoms with Gasteiger partial charge in [0.05, 0.1) is 6.54 Å². The molecule has 0 spiro atoms. The van der Waals surface area contributed by atoms with E-state index >= 15 is 0 Å². The van der Waals surface area contributed by atoms with E-state index in [1.165, 1.54) is 0 Å². The molecule has 1 saturated heterocycles. The number of aromatic nitrogens is 2. The Morgan fingerprint density at radius 2 is 1.96 bits per heavy atom. The molecule has 1 unspecified atom stereocenters. The van der Waals surface area contributed by atoms with Crippen LogP contribution >= 0.6 is 11.6 Å². The fourth-order valence-electron chi connectivity index (χ4n) is 2.95. The van der Waals surface area contributed by atoms with Crippen molar-refractivity contribution in [2.75, 3.05) is 44.7 Å². The molecule has 144 valence electrons. The summed E-state index contributed by atoms with van der Waals surface area (Å²) in [7, 11) is 1.80. The summed E-state index contributed by atoms with van der Waals surface area (Å²) >= 11 is 6.00. The molecule has 1 aliphatic rings. The number of nitrogens with one attached hydrogen (secondary N) is 1. The lowest BCUT2D eigenvalue weighted by Gasteiger charge is -2.36. The Balaban J connectivity index is 1.47. The SMILES string of the molecule is CN=C(NCC(C)Oc1cccc(Cl)c1)N1CCN(c2ncccn2)CC1. The van der Waals surface area contributed by atoms with Crippen LogP contribution in [0, 0.1) is 0 Å². The van der Waals surface area contributed by atoms with Crippen LogP contribution in [0.1, 0.15) is 6.92 Å². The van der Waals surface area contributed by atoms with Gasteiger partial charge in [-0.1, -0.05) is 17.7 Å². The van der Waals surface area contributed by atoms with Crippen LogP contribution in [0.3, 0.4) is 0 Å². The largest absolute Gasteiger partial charge is 0.489 e. The summed E-state index contributed by atoms with van der Waals surface area (Å²) in [5.41, 5.74) is 0. The summed E-state index contributed by atoms with van der Waals surface area (Å²) < 4.78 is 5.91. The molecule has 3 rings (SSSR count). The lowest BCUT2D eigenvalue weighted by molar-refractivity contribution is 0.221. The van der Waals surface area contributed by atoms with Gasteiger partial charge in [0.15, 0.2) is 5.96 Å². The van der Waals surface area contributed by atoms with Crippen molar-refractivity contribution in [3.05, 3.63) is 47.7 Å². The van der Waals surface area contributed by atoms with Crippen LogP contribution in [0.15, 0.2) is 47.7 Å². The number of anilines is 1. The molecule has 27 heavy (non-hydrogen) atoms. The Kier molecular flexibility index (Phi) is 6.70. The maximum Gasteiger partial charge on any atom is 0.225 e. The first-order valence-corrected chi connectivity index (χ1v) is 9.43. The molecule has 1 aromatic carbocycles. The van der Waals surface area contributed by atoms with Gasteiger partial charge in [-0.2, -0.15) is 0 Å². The van der Waals surface area contributed by atoms with Gasteiger partial charge in [0.1, 0.15) is 11.9 Å². The van der Waals surface area contributed by atoms with Crippen molar-refractivity contribution in [1.82, 2.24) is 20.2 Å². The molecule has 1 N–H and O–H groups in total. The van der Waals surface area contributed by atoms with E-state index in [1.807, 2.05) is 37.3 Å². The fraction of sp³-hybridized carbons (Fsp3) is 0.421. The first kappa shape index (κ1) is 19.2. The van der Waals surface area contributed by atoms with E-state index in [0.29, 0.717) is 11.6 Å². The Hall–Kier alpha value is -2.54. The predicted molar refractivity (Wildman–Crippen MR) is 109 cm³/mol. The molecule has 7 nitrogen and oxygen atoms in total. The van der Waals surface area contributed by atoms with Crippen molar-refractivity contribution < 1.29 is 4.74 Å². The second-order valence-electron chi connectivity index (χ2n) is 6.34. The van der Waals surface area contributed by atoms with E-state index in [1.54, 1.807) is 19.4 Å². The molecule has 1 aromatic heterocycles. The first-order chi connectivity index (χ1) is 13.2. The summed E-state index contributed by atoms with van der Waals surface area (Å²) in [6, 6.07) is 9.27. The number of hydrogen-bond donors (Lipinski definition) is 1. The molecular formula is C19H25ClN6O. The molecular weight excluding hydrogens is 364 g/mol. The van der Waals surface area contributed by atoms with Crippen LogP contribution in [0.2, 0.25) is 5.02 Å². The first-order valence-electron chi connectivity index (χ1n) is 9.05. The standard InChI is InChI=1S/C19H25ClN6O/c1-15(27-17-6-3-5-16(20)13-17)14-24-18(21-2)25-9-11-26(12-10-25)19-22-7-4-8-23-19/h3-8,13,15H,9-12,14H2,1-2H3,(H,21,24). The summed E-state index contributed by atoms with van der Waals surface area (Å²) in [4.78, 5) is 17.5. The van der Waals surface area contributed by atoms with Crippen LogP contribution in [0.5, 0.6) is 5.75 Å². The topological polar surface area (TPSA) is 65.9 Å². The second kappa shape index (κ2) is 9.41. The summed E-state index contributed by atoms with van der Waals surface area (Å²) in [6.45, 7) is 6.12. The van der Waals surface area contributed by atoms with Gasteiger partial charge < -0.3 is 19.9 Å². The van der Waals surface area contributed by atoms with Crippen molar-refractivity contribution in [2.45, 2.75) is 13.0 Å². The maximum atomic E-state index is 6.00. The van der Waals surface area contributed by atoms with E-state index in [9.17, 15) is 0 Å². The Bertz CT molecular complexity index is 749. The molecule has 0 bridgehead atoms. The highest BCUT2D eigenvalue weighted by atomic mass is 35.5. The average molecular weight is 389 g/mol. The Labute approximate surface area is 165 Å². The molecule has 0 amide bonds. The van der Waals surface area contributed by atoms with E-state index in [4.69, 9.17) is 16.3 Å². The van der Waals surface area contributed by atoms with Crippen LogP contribution in [0.4, 0.5) is 5.95 Å². The van der Waals surface area contributed by atoms with Crippen molar-refractivity contribution in [2.24, 2.45) is 4.99 Å². The molecule has 2 heterocycles. The summed E-state index contributed by atoms with van der Waals surface area (Å²) in [6.07, 6.45) is 3.53. The van der Waals surface area contributed by atoms with Gasteiger partial charge in [0.25, 0.3) is 0 Å². The van der Waals surface area contributed by atoms with Crippen molar-refractivity contribution >= 4 is 23.5 Å². The lowest BCUT2D eigenvalue weighted by Crippen LogP contribution is -2.53. The van der Waals surface area contributed by atoms with Gasteiger partial charge in [-0.3, -0.25) is 4.99 Å². The number of benzene rings is 1. The second-order valence-corrected chi connectivity index (χ2v) is 6.77. The Morgan fingerprint density at radius 3 is 2.63 bits per heavy atom. The molecule has 0 radical (unpaired) electrons. The number of ether oxygens (including phenoxy) is 1. The third-order valence-corrected chi connectivity index (χ3v) is 4.54. The monoisotopic (exact) mass is 388 g/mol. The smallest absolute Gasteiger partial charge is 0.225 e. The highest BCUT2D eigenvalue weighted by Gasteiger charge is 2.21. The van der Waals surface area contributed by atoms with Gasteiger partial charge in [0.2, 0.25) is 5.95 Å². The average Bonchev–Trinajstić information content (AvgIpc) is 2.69. The minimum atomic E-state index is -0.0146. The molecule has 1 atom stereocenters. The van der Waals surface area contributed by atoms with Gasteiger partial charge in [-0.05, 0) is 31.2 Å². The summed E-state index contributed by atoms with van der Waals surface area (Å²) in [5.74, 6) is 2.43. The molecule has 0 aliphatic carbocycles. The third-order valence-electron chi connectivity index (χ3n) is 4.31. The van der Waals surface area contributed by atoms with Crippen molar-refractivity contribution in [1.29, 1.82) is 0 Å². The van der Waals surface area contributed by atoms with E-state index in [-0.39, 0.29) is 6.10 Å². The van der Waals surface area contributed by atoms with Crippen molar-refractivity contribution in [3.8, 4) is 5.75 Å². The van der Waals surface area contributed by atoms with Gasteiger partial charge in [-0.15, -0.1) is 0 Å².